The van der Waals surface area contributed by atoms with Crippen molar-refractivity contribution < 1.29 is 19.4 Å². The fourth-order valence-corrected chi connectivity index (χ4v) is 4.81. The van der Waals surface area contributed by atoms with Gasteiger partial charge in [-0.25, -0.2) is 4.79 Å². The Morgan fingerprint density at radius 2 is 1.91 bits per heavy atom. The molecule has 184 valence electrons. The minimum absolute atomic E-state index is 0.0488. The number of nitrogen functional groups attached to an aromatic ring is 1. The van der Waals surface area contributed by atoms with Crippen molar-refractivity contribution in [1.29, 1.82) is 0 Å². The number of carbonyl (C=O) groups excluding carboxylic acids is 2. The maximum atomic E-state index is 13.3. The first kappa shape index (κ1) is 24.8. The van der Waals surface area contributed by atoms with Gasteiger partial charge in [-0.05, 0) is 73.0 Å². The molecule has 0 radical (unpaired) electrons. The number of aromatic hydroxyl groups is 1. The van der Waals surface area contributed by atoms with Crippen LogP contribution in [0.1, 0.15) is 16.7 Å². The Balaban J connectivity index is 1.50. The Bertz CT molecular complexity index is 1230. The molecule has 0 bridgehead atoms. The standard InChI is InChI=1S/C25H27ClN4O4S/c1-30-10-8-16-3-4-18(14-17(16)9-11-30)28-24(32)20(13-15-2-5-21(31)19(27)12-15)29-25(33)34-23-7-6-22(26)35-23/h2-7,12,14,20,31H,8-11,13,27H2,1H3,(H,28,32)(H,29,33). The fourth-order valence-electron chi connectivity index (χ4n) is 3.94. The summed E-state index contributed by atoms with van der Waals surface area (Å²) >= 11 is 7.01. The quantitative estimate of drug-likeness (QED) is 0.291. The van der Waals surface area contributed by atoms with Crippen molar-refractivity contribution >= 4 is 46.3 Å². The molecule has 2 aromatic carbocycles. The highest BCUT2D eigenvalue weighted by atomic mass is 35.5. The lowest BCUT2D eigenvalue weighted by Crippen LogP contribution is -2.46. The molecule has 5 N–H and O–H groups in total. The number of phenols is 1. The van der Waals surface area contributed by atoms with Crippen LogP contribution in [0, 0.1) is 0 Å². The summed E-state index contributed by atoms with van der Waals surface area (Å²) in [5, 5.41) is 15.6. The highest BCUT2D eigenvalue weighted by Crippen LogP contribution is 2.28. The first-order valence-corrected chi connectivity index (χ1v) is 12.4. The van der Waals surface area contributed by atoms with Crippen molar-refractivity contribution in [2.24, 2.45) is 0 Å². The molecule has 3 aromatic rings. The molecule has 4 rings (SSSR count). The van der Waals surface area contributed by atoms with Gasteiger partial charge in [0.05, 0.1) is 10.0 Å². The topological polar surface area (TPSA) is 117 Å². The summed E-state index contributed by atoms with van der Waals surface area (Å²) in [5.41, 5.74) is 9.82. The van der Waals surface area contributed by atoms with E-state index in [0.29, 0.717) is 20.7 Å². The van der Waals surface area contributed by atoms with Crippen LogP contribution in [0.2, 0.25) is 4.34 Å². The van der Waals surface area contributed by atoms with Gasteiger partial charge in [0.15, 0.2) is 5.06 Å². The lowest BCUT2D eigenvalue weighted by Gasteiger charge is -2.19. The third-order valence-electron chi connectivity index (χ3n) is 5.88. The number of ether oxygens (including phenoxy) is 1. The number of likely N-dealkylation sites (N-methyl/N-ethyl adjacent to an activating group) is 1. The number of fused-ring (bicyclic) bond motifs is 1. The predicted octanol–water partition coefficient (Wildman–Crippen LogP) is 4.06. The molecule has 1 unspecified atom stereocenters. The summed E-state index contributed by atoms with van der Waals surface area (Å²) in [5.74, 6) is -0.448. The van der Waals surface area contributed by atoms with Crippen molar-refractivity contribution in [3.63, 3.8) is 0 Å². The van der Waals surface area contributed by atoms with Crippen LogP contribution in [0.25, 0.3) is 0 Å². The molecule has 2 amide bonds. The Hall–Kier alpha value is -3.27. The number of thiophene rings is 1. The van der Waals surface area contributed by atoms with Gasteiger partial charge in [-0.2, -0.15) is 0 Å². The van der Waals surface area contributed by atoms with Crippen LogP contribution in [0.4, 0.5) is 16.2 Å². The minimum atomic E-state index is -0.952. The summed E-state index contributed by atoms with van der Waals surface area (Å²) in [7, 11) is 2.10. The van der Waals surface area contributed by atoms with Crippen molar-refractivity contribution in [1.82, 2.24) is 10.2 Å². The molecule has 0 saturated carbocycles. The average molecular weight is 515 g/mol. The highest BCUT2D eigenvalue weighted by Gasteiger charge is 2.24. The molecular weight excluding hydrogens is 488 g/mol. The Kier molecular flexibility index (Phi) is 7.80. The van der Waals surface area contributed by atoms with E-state index in [9.17, 15) is 14.7 Å². The second kappa shape index (κ2) is 11.0. The van der Waals surface area contributed by atoms with E-state index in [1.54, 1.807) is 24.3 Å². The first-order chi connectivity index (χ1) is 16.8. The molecule has 0 saturated heterocycles. The van der Waals surface area contributed by atoms with E-state index in [1.165, 1.54) is 17.2 Å². The zero-order chi connectivity index (χ0) is 24.9. The van der Waals surface area contributed by atoms with Crippen molar-refractivity contribution in [2.45, 2.75) is 25.3 Å². The first-order valence-electron chi connectivity index (χ1n) is 11.2. The van der Waals surface area contributed by atoms with Crippen molar-refractivity contribution in [3.8, 4) is 10.8 Å². The molecule has 0 spiro atoms. The van der Waals surface area contributed by atoms with Crippen LogP contribution in [0.15, 0.2) is 48.5 Å². The van der Waals surface area contributed by atoms with Gasteiger partial charge in [0.25, 0.3) is 0 Å². The normalized spacial score (nSPS) is 14.5. The molecule has 1 atom stereocenters. The largest absolute Gasteiger partial charge is 0.506 e. The van der Waals surface area contributed by atoms with Gasteiger partial charge in [0, 0.05) is 25.2 Å². The molecule has 1 aromatic heterocycles. The smallest absolute Gasteiger partial charge is 0.414 e. The van der Waals surface area contributed by atoms with E-state index in [1.807, 2.05) is 18.2 Å². The minimum Gasteiger partial charge on any atom is -0.506 e. The zero-order valence-electron chi connectivity index (χ0n) is 19.2. The summed E-state index contributed by atoms with van der Waals surface area (Å²) in [6.45, 7) is 1.95. The number of benzene rings is 2. The third-order valence-corrected chi connectivity index (χ3v) is 6.99. The Morgan fingerprint density at radius 1 is 1.14 bits per heavy atom. The van der Waals surface area contributed by atoms with Crippen LogP contribution in [-0.2, 0) is 24.1 Å². The fraction of sp³-hybridized carbons (Fsp3) is 0.280. The van der Waals surface area contributed by atoms with Crippen LogP contribution in [0.5, 0.6) is 10.8 Å². The van der Waals surface area contributed by atoms with E-state index < -0.39 is 18.0 Å². The molecule has 35 heavy (non-hydrogen) atoms. The molecule has 0 fully saturated rings. The monoisotopic (exact) mass is 514 g/mol. The van der Waals surface area contributed by atoms with E-state index in [-0.39, 0.29) is 17.9 Å². The molecule has 1 aliphatic heterocycles. The maximum Gasteiger partial charge on any atom is 0.414 e. The van der Waals surface area contributed by atoms with E-state index >= 15 is 0 Å². The molecule has 10 heteroatoms. The van der Waals surface area contributed by atoms with E-state index in [2.05, 4.69) is 22.6 Å². The number of carbonyl (C=O) groups is 2. The van der Waals surface area contributed by atoms with Crippen LogP contribution in [-0.4, -0.2) is 48.2 Å². The number of anilines is 2. The molecule has 8 nitrogen and oxygen atoms in total. The van der Waals surface area contributed by atoms with Crippen LogP contribution >= 0.6 is 22.9 Å². The zero-order valence-corrected chi connectivity index (χ0v) is 20.8. The molecule has 1 aliphatic rings. The summed E-state index contributed by atoms with van der Waals surface area (Å²) < 4.78 is 5.76. The third kappa shape index (κ3) is 6.66. The number of nitrogens with one attached hydrogen (secondary N) is 2. The van der Waals surface area contributed by atoms with Crippen molar-refractivity contribution in [2.75, 3.05) is 31.2 Å². The lowest BCUT2D eigenvalue weighted by atomic mass is 10.0. The van der Waals surface area contributed by atoms with Gasteiger partial charge < -0.3 is 31.1 Å². The molecule has 2 heterocycles. The number of rotatable bonds is 6. The number of nitrogens with two attached hydrogens (primary N) is 1. The van der Waals surface area contributed by atoms with Crippen molar-refractivity contribution in [3.05, 3.63) is 69.6 Å². The second-order valence-electron chi connectivity index (χ2n) is 8.52. The van der Waals surface area contributed by atoms with Gasteiger partial charge in [0.2, 0.25) is 5.91 Å². The number of halogens is 1. The summed E-state index contributed by atoms with van der Waals surface area (Å²) in [4.78, 5) is 28.1. The molecular formula is C25H27ClN4O4S. The number of hydrogen-bond acceptors (Lipinski definition) is 7. The Labute approximate surface area is 212 Å². The van der Waals surface area contributed by atoms with Gasteiger partial charge >= 0.3 is 6.09 Å². The van der Waals surface area contributed by atoms with Crippen LogP contribution in [0.3, 0.4) is 0 Å². The Morgan fingerprint density at radius 3 is 2.63 bits per heavy atom. The van der Waals surface area contributed by atoms with Gasteiger partial charge in [-0.15, -0.1) is 0 Å². The van der Waals surface area contributed by atoms with Gasteiger partial charge in [0.1, 0.15) is 11.8 Å². The summed E-state index contributed by atoms with van der Waals surface area (Å²) in [6.07, 6.45) is 1.23. The lowest BCUT2D eigenvalue weighted by molar-refractivity contribution is -0.118. The van der Waals surface area contributed by atoms with Gasteiger partial charge in [-0.1, -0.05) is 35.1 Å². The maximum absolute atomic E-state index is 13.3. The average Bonchev–Trinajstić information content (AvgIpc) is 3.13. The predicted molar refractivity (Wildman–Crippen MR) is 138 cm³/mol. The van der Waals surface area contributed by atoms with Gasteiger partial charge in [-0.3, -0.25) is 4.79 Å². The van der Waals surface area contributed by atoms with E-state index in [4.69, 9.17) is 22.1 Å². The number of amides is 2. The number of phenolic OH excluding ortho intramolecular Hbond substituents is 1. The summed E-state index contributed by atoms with van der Waals surface area (Å²) in [6, 6.07) is 12.8. The van der Waals surface area contributed by atoms with E-state index in [0.717, 1.165) is 37.3 Å². The molecule has 0 aliphatic carbocycles. The number of nitrogens with zero attached hydrogens (tertiary/aromatic N) is 1. The second-order valence-corrected chi connectivity index (χ2v) is 10.2. The highest BCUT2D eigenvalue weighted by molar-refractivity contribution is 7.17. The number of hydrogen-bond donors (Lipinski definition) is 4. The SMILES string of the molecule is CN1CCc2ccc(NC(=O)C(Cc3ccc(O)c(N)c3)NC(=O)Oc3ccc(Cl)s3)cc2CC1. The van der Waals surface area contributed by atoms with Crippen LogP contribution < -0.4 is 21.1 Å².